The lowest BCUT2D eigenvalue weighted by molar-refractivity contribution is -0.158. The van der Waals surface area contributed by atoms with Crippen LogP contribution in [0, 0.1) is 0 Å². The molecule has 1 saturated heterocycles. The number of nitrogens with one attached hydrogen (secondary N) is 1. The highest BCUT2D eigenvalue weighted by molar-refractivity contribution is 5.98. The van der Waals surface area contributed by atoms with Gasteiger partial charge in [-0.25, -0.2) is 0 Å². The predicted molar refractivity (Wildman–Crippen MR) is 55.3 cm³/mol. The first-order chi connectivity index (χ1) is 6.90. The van der Waals surface area contributed by atoms with Crippen LogP contribution in [0.1, 0.15) is 20.8 Å². The summed E-state index contributed by atoms with van der Waals surface area (Å²) in [5.41, 5.74) is -0.00161. The van der Waals surface area contributed by atoms with Crippen LogP contribution in [0.2, 0.25) is 0 Å². The van der Waals surface area contributed by atoms with Crippen molar-refractivity contribution >= 4 is 11.8 Å². The zero-order valence-electron chi connectivity index (χ0n) is 9.50. The van der Waals surface area contributed by atoms with E-state index in [4.69, 9.17) is 4.74 Å². The molecule has 0 aromatic carbocycles. The molecule has 5 heteroatoms. The Morgan fingerprint density at radius 3 is 2.27 bits per heavy atom. The highest BCUT2D eigenvalue weighted by Crippen LogP contribution is 2.01. The van der Waals surface area contributed by atoms with Crippen LogP contribution in [0.5, 0.6) is 0 Å². The van der Waals surface area contributed by atoms with Crippen LogP contribution in [0.25, 0.3) is 0 Å². The topological polar surface area (TPSA) is 58.6 Å². The maximum Gasteiger partial charge on any atom is 0.255 e. The maximum absolute atomic E-state index is 11.3. The molecule has 2 amide bonds. The summed E-state index contributed by atoms with van der Waals surface area (Å²) < 4.78 is 4.81. The molecule has 86 valence electrons. The quantitative estimate of drug-likeness (QED) is 0.659. The van der Waals surface area contributed by atoms with Gasteiger partial charge in [0.25, 0.3) is 11.8 Å². The molecule has 0 aliphatic carbocycles. The molecule has 0 aromatic heterocycles. The summed E-state index contributed by atoms with van der Waals surface area (Å²) in [7, 11) is 0. The summed E-state index contributed by atoms with van der Waals surface area (Å²) >= 11 is 0. The molecule has 1 fully saturated rings. The summed E-state index contributed by atoms with van der Waals surface area (Å²) in [6.07, 6.45) is 0. The van der Waals surface area contributed by atoms with E-state index in [9.17, 15) is 9.59 Å². The molecule has 0 atom stereocenters. The molecular weight excluding hydrogens is 196 g/mol. The fourth-order valence-corrected chi connectivity index (χ4v) is 1.31. The Kier molecular flexibility index (Phi) is 3.82. The second-order valence-electron chi connectivity index (χ2n) is 4.61. The lowest BCUT2D eigenvalue weighted by Crippen LogP contribution is -2.50. The molecule has 1 aliphatic rings. The van der Waals surface area contributed by atoms with Crippen LogP contribution in [-0.4, -0.2) is 48.6 Å². The first-order valence-electron chi connectivity index (χ1n) is 5.06. The van der Waals surface area contributed by atoms with E-state index in [1.165, 1.54) is 4.90 Å². The number of hydrogen-bond donors (Lipinski definition) is 1. The summed E-state index contributed by atoms with van der Waals surface area (Å²) in [6, 6.07) is 0. The third-order valence-corrected chi connectivity index (χ3v) is 2.04. The fourth-order valence-electron chi connectivity index (χ4n) is 1.31. The van der Waals surface area contributed by atoms with Gasteiger partial charge in [0.2, 0.25) is 0 Å². The van der Waals surface area contributed by atoms with E-state index in [0.29, 0.717) is 13.1 Å². The zero-order valence-corrected chi connectivity index (χ0v) is 9.50. The molecule has 0 saturated carbocycles. The van der Waals surface area contributed by atoms with Crippen LogP contribution >= 0.6 is 0 Å². The van der Waals surface area contributed by atoms with Crippen LogP contribution < -0.4 is 5.32 Å². The second-order valence-corrected chi connectivity index (χ2v) is 4.61. The van der Waals surface area contributed by atoms with Gasteiger partial charge in [-0.05, 0) is 20.8 Å². The van der Waals surface area contributed by atoms with Gasteiger partial charge in [-0.2, -0.15) is 0 Å². The molecule has 1 aliphatic heterocycles. The highest BCUT2D eigenvalue weighted by atomic mass is 16.5. The lowest BCUT2D eigenvalue weighted by Gasteiger charge is -2.27. The minimum Gasteiger partial charge on any atom is -0.362 e. The van der Waals surface area contributed by atoms with Crippen molar-refractivity contribution in [2.24, 2.45) is 0 Å². The Bertz CT molecular complexity index is 242. The van der Waals surface area contributed by atoms with Crippen LogP contribution in [0.4, 0.5) is 0 Å². The Balaban J connectivity index is 2.36. The number of morpholine rings is 1. The van der Waals surface area contributed by atoms with Crippen molar-refractivity contribution < 1.29 is 14.3 Å². The number of amides is 2. The van der Waals surface area contributed by atoms with Gasteiger partial charge in [-0.15, -0.1) is 0 Å². The summed E-state index contributed by atoms with van der Waals surface area (Å²) in [6.45, 7) is 7.17. The molecule has 5 nitrogen and oxygen atoms in total. The van der Waals surface area contributed by atoms with Gasteiger partial charge >= 0.3 is 0 Å². The molecule has 0 radical (unpaired) electrons. The Morgan fingerprint density at radius 1 is 1.27 bits per heavy atom. The van der Waals surface area contributed by atoms with Crippen molar-refractivity contribution in [3.8, 4) is 0 Å². The van der Waals surface area contributed by atoms with E-state index in [-0.39, 0.29) is 30.6 Å². The molecule has 15 heavy (non-hydrogen) atoms. The monoisotopic (exact) mass is 214 g/mol. The lowest BCUT2D eigenvalue weighted by atomic mass is 10.1. The zero-order chi connectivity index (χ0) is 11.5. The van der Waals surface area contributed by atoms with E-state index in [0.717, 1.165) is 0 Å². The first kappa shape index (κ1) is 12.1. The van der Waals surface area contributed by atoms with E-state index >= 15 is 0 Å². The molecule has 0 spiro atoms. The Labute approximate surface area is 89.8 Å². The molecular formula is C10H18N2O3. The average molecular weight is 214 g/mol. The molecule has 0 unspecified atom stereocenters. The maximum atomic E-state index is 11.3. The smallest absolute Gasteiger partial charge is 0.255 e. The van der Waals surface area contributed by atoms with Gasteiger partial charge in [0.05, 0.1) is 0 Å². The third kappa shape index (κ3) is 3.97. The SMILES string of the molecule is CC(C)(C)NCCN1C(=O)COCC1=O. The number of carbonyl (C=O) groups is 2. The first-order valence-corrected chi connectivity index (χ1v) is 5.06. The highest BCUT2D eigenvalue weighted by Gasteiger charge is 2.26. The second kappa shape index (κ2) is 4.72. The van der Waals surface area contributed by atoms with Crippen molar-refractivity contribution in [2.75, 3.05) is 26.3 Å². The van der Waals surface area contributed by atoms with Gasteiger partial charge in [0, 0.05) is 18.6 Å². The van der Waals surface area contributed by atoms with Crippen molar-refractivity contribution in [1.29, 1.82) is 0 Å². The van der Waals surface area contributed by atoms with E-state index in [1.807, 2.05) is 20.8 Å². The minimum absolute atomic E-state index is 0.00161. The number of nitrogens with zero attached hydrogens (tertiary/aromatic N) is 1. The normalized spacial score (nSPS) is 18.5. The van der Waals surface area contributed by atoms with Gasteiger partial charge in [-0.1, -0.05) is 0 Å². The van der Waals surface area contributed by atoms with Crippen molar-refractivity contribution in [2.45, 2.75) is 26.3 Å². The van der Waals surface area contributed by atoms with Crippen LogP contribution in [0.15, 0.2) is 0 Å². The fraction of sp³-hybridized carbons (Fsp3) is 0.800. The predicted octanol–water partition coefficient (Wildman–Crippen LogP) is -0.240. The minimum atomic E-state index is -0.248. The molecule has 1 rings (SSSR count). The summed E-state index contributed by atoms with van der Waals surface area (Å²) in [5, 5.41) is 3.22. The number of imide groups is 1. The number of rotatable bonds is 3. The van der Waals surface area contributed by atoms with E-state index in [2.05, 4.69) is 5.32 Å². The van der Waals surface area contributed by atoms with Crippen LogP contribution in [-0.2, 0) is 14.3 Å². The van der Waals surface area contributed by atoms with Crippen molar-refractivity contribution in [1.82, 2.24) is 10.2 Å². The average Bonchev–Trinajstić information content (AvgIpc) is 2.08. The number of hydrogen-bond acceptors (Lipinski definition) is 4. The van der Waals surface area contributed by atoms with Gasteiger partial charge in [0.15, 0.2) is 0 Å². The molecule has 1 heterocycles. The largest absolute Gasteiger partial charge is 0.362 e. The van der Waals surface area contributed by atoms with E-state index in [1.54, 1.807) is 0 Å². The van der Waals surface area contributed by atoms with Crippen molar-refractivity contribution in [3.63, 3.8) is 0 Å². The molecule has 1 N–H and O–H groups in total. The van der Waals surface area contributed by atoms with Crippen LogP contribution in [0.3, 0.4) is 0 Å². The summed E-state index contributed by atoms with van der Waals surface area (Å²) in [4.78, 5) is 23.9. The Hall–Kier alpha value is -0.940. The third-order valence-electron chi connectivity index (χ3n) is 2.04. The van der Waals surface area contributed by atoms with Gasteiger partial charge < -0.3 is 10.1 Å². The van der Waals surface area contributed by atoms with Crippen molar-refractivity contribution in [3.05, 3.63) is 0 Å². The standard InChI is InChI=1S/C10H18N2O3/c1-10(2,3)11-4-5-12-8(13)6-15-7-9(12)14/h11H,4-7H2,1-3H3. The van der Waals surface area contributed by atoms with Gasteiger partial charge in [-0.3, -0.25) is 14.5 Å². The van der Waals surface area contributed by atoms with E-state index < -0.39 is 0 Å². The number of carbonyl (C=O) groups excluding carboxylic acids is 2. The number of ether oxygens (including phenoxy) is 1. The summed E-state index contributed by atoms with van der Waals surface area (Å²) in [5.74, 6) is -0.496. The molecule has 0 aromatic rings. The Morgan fingerprint density at radius 2 is 1.80 bits per heavy atom. The molecule has 0 bridgehead atoms. The van der Waals surface area contributed by atoms with Gasteiger partial charge in [0.1, 0.15) is 13.2 Å².